The van der Waals surface area contributed by atoms with Gasteiger partial charge >= 0.3 is 0 Å². The minimum atomic E-state index is -3.49. The fourth-order valence-corrected chi connectivity index (χ4v) is 3.58. The van der Waals surface area contributed by atoms with Gasteiger partial charge in [0.05, 0.1) is 28.8 Å². The molecule has 0 bridgehead atoms. The van der Waals surface area contributed by atoms with Crippen LogP contribution in [0.4, 0.5) is 0 Å². The summed E-state index contributed by atoms with van der Waals surface area (Å²) in [6.07, 6.45) is 2.25. The second kappa shape index (κ2) is 2.27. The van der Waals surface area contributed by atoms with E-state index in [0.717, 1.165) is 12.4 Å². The second-order valence-electron chi connectivity index (χ2n) is 2.09. The van der Waals surface area contributed by atoms with Crippen LogP contribution in [-0.2, 0) is 8.87 Å². The third kappa shape index (κ3) is 0.935. The first-order valence-corrected chi connectivity index (χ1v) is 5.72. The molecular formula is C5H2N2O3S2. The number of rotatable bonds is 0. The first-order chi connectivity index (χ1) is 5.61. The van der Waals surface area contributed by atoms with E-state index in [-0.39, 0.29) is 10.5 Å². The van der Waals surface area contributed by atoms with E-state index in [1.165, 1.54) is 0 Å². The van der Waals surface area contributed by atoms with E-state index in [4.69, 9.17) is 0 Å². The summed E-state index contributed by atoms with van der Waals surface area (Å²) in [6.45, 7) is 0. The molecule has 0 saturated carbocycles. The van der Waals surface area contributed by atoms with Gasteiger partial charge in [0, 0.05) is 0 Å². The van der Waals surface area contributed by atoms with E-state index in [9.17, 15) is 13.2 Å². The summed E-state index contributed by atoms with van der Waals surface area (Å²) >= 11 is 0. The smallest absolute Gasteiger partial charge is 0.240 e. The zero-order chi connectivity index (χ0) is 8.77. The summed E-state index contributed by atoms with van der Waals surface area (Å²) in [4.78, 5) is 11.0. The molecule has 0 amide bonds. The molecule has 12 heavy (non-hydrogen) atoms. The van der Waals surface area contributed by atoms with Crippen molar-refractivity contribution in [2.75, 3.05) is 0 Å². The minimum Gasteiger partial charge on any atom is -0.280 e. The van der Waals surface area contributed by atoms with E-state index < -0.39 is 14.0 Å². The van der Waals surface area contributed by atoms with Crippen molar-refractivity contribution in [3.63, 3.8) is 0 Å². The highest BCUT2D eigenvalue weighted by Crippen LogP contribution is 2.36. The van der Waals surface area contributed by atoms with Gasteiger partial charge in [0.25, 0.3) is 0 Å². The maximum atomic E-state index is 11.1. The maximum Gasteiger partial charge on any atom is 0.240 e. The summed E-state index contributed by atoms with van der Waals surface area (Å²) in [7, 11) is -3.19. The molecule has 0 saturated heterocycles. The molecule has 5 nitrogen and oxygen atoms in total. The molecule has 0 atom stereocenters. The Kier molecular flexibility index (Phi) is 1.45. The Bertz CT molecular complexity index is 454. The van der Waals surface area contributed by atoms with Crippen LogP contribution in [0, 0.1) is 0 Å². The van der Waals surface area contributed by atoms with Gasteiger partial charge in [0.1, 0.15) is 4.90 Å². The van der Waals surface area contributed by atoms with E-state index in [1.807, 2.05) is 0 Å². The van der Waals surface area contributed by atoms with Gasteiger partial charge in [-0.1, -0.05) is 0 Å². The van der Waals surface area contributed by atoms with Crippen LogP contribution in [0.3, 0.4) is 0 Å². The van der Waals surface area contributed by atoms with Gasteiger partial charge in [0.2, 0.25) is 14.0 Å². The van der Waals surface area contributed by atoms with Gasteiger partial charge in [-0.3, -0.25) is 4.79 Å². The summed E-state index contributed by atoms with van der Waals surface area (Å²) in [6, 6.07) is 0. The SMILES string of the molecule is O=C1SS(=O)(=O)c2cnncc21. The fraction of sp³-hybridized carbons (Fsp3) is 0. The molecule has 0 aromatic carbocycles. The van der Waals surface area contributed by atoms with E-state index in [2.05, 4.69) is 10.2 Å². The Morgan fingerprint density at radius 3 is 2.58 bits per heavy atom. The largest absolute Gasteiger partial charge is 0.280 e. The lowest BCUT2D eigenvalue weighted by atomic mass is 10.3. The zero-order valence-corrected chi connectivity index (χ0v) is 7.22. The molecule has 2 rings (SSSR count). The van der Waals surface area contributed by atoms with Crippen LogP contribution in [0.2, 0.25) is 0 Å². The first-order valence-electron chi connectivity index (χ1n) is 2.91. The van der Waals surface area contributed by atoms with Crippen molar-refractivity contribution < 1.29 is 13.2 Å². The van der Waals surface area contributed by atoms with Crippen LogP contribution in [0.15, 0.2) is 17.3 Å². The van der Waals surface area contributed by atoms with Gasteiger partial charge in [-0.15, -0.1) is 0 Å². The first kappa shape index (κ1) is 7.69. The molecule has 1 aromatic rings. The average Bonchev–Trinajstić information content (AvgIpc) is 2.25. The number of fused-ring (bicyclic) bond motifs is 1. The van der Waals surface area contributed by atoms with Crippen LogP contribution in [-0.4, -0.2) is 23.7 Å². The normalized spacial score (nSPS) is 19.2. The van der Waals surface area contributed by atoms with Crippen molar-refractivity contribution in [1.82, 2.24) is 10.2 Å². The highest BCUT2D eigenvalue weighted by atomic mass is 33.1. The number of carbonyl (C=O) groups excluding carboxylic acids is 1. The van der Waals surface area contributed by atoms with Gasteiger partial charge in [-0.05, 0) is 0 Å². The number of carbonyl (C=O) groups is 1. The highest BCUT2D eigenvalue weighted by molar-refractivity contribution is 8.78. The van der Waals surface area contributed by atoms with Gasteiger partial charge in [0.15, 0.2) is 0 Å². The molecule has 0 N–H and O–H groups in total. The number of nitrogens with zero attached hydrogens (tertiary/aromatic N) is 2. The van der Waals surface area contributed by atoms with Crippen LogP contribution in [0.25, 0.3) is 0 Å². The van der Waals surface area contributed by atoms with E-state index in [1.54, 1.807) is 0 Å². The van der Waals surface area contributed by atoms with Crippen LogP contribution in [0.5, 0.6) is 0 Å². The molecule has 0 spiro atoms. The topological polar surface area (TPSA) is 77.0 Å². The lowest BCUT2D eigenvalue weighted by molar-refractivity contribution is 0.108. The lowest BCUT2D eigenvalue weighted by Crippen LogP contribution is -1.93. The Morgan fingerprint density at radius 1 is 1.25 bits per heavy atom. The fourth-order valence-electron chi connectivity index (χ4n) is 0.852. The molecular weight excluding hydrogens is 200 g/mol. The Balaban J connectivity index is 2.83. The number of hydrogen-bond donors (Lipinski definition) is 0. The third-order valence-electron chi connectivity index (χ3n) is 1.37. The minimum absolute atomic E-state index is 0.0347. The third-order valence-corrected chi connectivity index (χ3v) is 4.47. The van der Waals surface area contributed by atoms with Gasteiger partial charge < -0.3 is 0 Å². The monoisotopic (exact) mass is 202 g/mol. The number of aromatic nitrogens is 2. The van der Waals surface area contributed by atoms with Crippen LogP contribution in [0.1, 0.15) is 10.4 Å². The standard InChI is InChI=1S/C5H2N2O3S2/c8-5-3-1-6-7-2-4(3)12(9,10)11-5/h1-2H. The predicted molar refractivity (Wildman–Crippen MR) is 41.1 cm³/mol. The Hall–Kier alpha value is -0.950. The van der Waals surface area contributed by atoms with Crippen LogP contribution < -0.4 is 0 Å². The molecule has 0 aliphatic carbocycles. The molecule has 1 aliphatic rings. The molecule has 1 aliphatic heterocycles. The molecule has 7 heteroatoms. The summed E-state index contributed by atoms with van der Waals surface area (Å²) in [5, 5.41) is 6.33. The highest BCUT2D eigenvalue weighted by Gasteiger charge is 2.35. The van der Waals surface area contributed by atoms with Gasteiger partial charge in [-0.25, -0.2) is 8.42 Å². The van der Waals surface area contributed by atoms with Crippen molar-refractivity contribution in [2.24, 2.45) is 0 Å². The molecule has 1 aromatic heterocycles. The quantitative estimate of drug-likeness (QED) is 0.553. The van der Waals surface area contributed by atoms with Crippen LogP contribution >= 0.6 is 10.8 Å². The van der Waals surface area contributed by atoms with Crippen molar-refractivity contribution in [1.29, 1.82) is 0 Å². The summed E-state index contributed by atoms with van der Waals surface area (Å²) in [5.41, 5.74) is 0.120. The van der Waals surface area contributed by atoms with Crippen molar-refractivity contribution in [2.45, 2.75) is 4.90 Å². The molecule has 0 radical (unpaired) electrons. The molecule has 0 unspecified atom stereocenters. The Labute approximate surface area is 71.5 Å². The van der Waals surface area contributed by atoms with Crippen molar-refractivity contribution in [3.05, 3.63) is 18.0 Å². The van der Waals surface area contributed by atoms with E-state index >= 15 is 0 Å². The molecule has 0 fully saturated rings. The van der Waals surface area contributed by atoms with Crippen molar-refractivity contribution in [3.8, 4) is 0 Å². The predicted octanol–water partition coefficient (Wildman–Crippen LogP) is 0.0523. The maximum absolute atomic E-state index is 11.1. The number of hydrogen-bond acceptors (Lipinski definition) is 6. The van der Waals surface area contributed by atoms with E-state index in [0.29, 0.717) is 10.8 Å². The molecule has 62 valence electrons. The lowest BCUT2D eigenvalue weighted by Gasteiger charge is -1.89. The summed E-state index contributed by atoms with van der Waals surface area (Å²) < 4.78 is 22.3. The zero-order valence-electron chi connectivity index (χ0n) is 5.59. The Morgan fingerprint density at radius 2 is 1.92 bits per heavy atom. The average molecular weight is 202 g/mol. The van der Waals surface area contributed by atoms with Gasteiger partial charge in [-0.2, -0.15) is 10.2 Å². The second-order valence-corrected chi connectivity index (χ2v) is 5.79. The summed E-state index contributed by atoms with van der Waals surface area (Å²) in [5.74, 6) is 0. The molecule has 2 heterocycles. The van der Waals surface area contributed by atoms with Crippen molar-refractivity contribution >= 4 is 24.8 Å².